The van der Waals surface area contributed by atoms with E-state index in [-0.39, 0.29) is 11.7 Å². The molecule has 3 aromatic rings. The van der Waals surface area contributed by atoms with Crippen LogP contribution in [-0.2, 0) is 12.8 Å². The minimum atomic E-state index is -0.149. The summed E-state index contributed by atoms with van der Waals surface area (Å²) in [7, 11) is 0. The summed E-state index contributed by atoms with van der Waals surface area (Å²) in [6.45, 7) is 2.42. The fraction of sp³-hybridized carbons (Fsp3) is 0.174. The normalized spacial score (nSPS) is 12.2. The first-order valence-electron chi connectivity index (χ1n) is 9.32. The average molecular weight is 371 g/mol. The summed E-state index contributed by atoms with van der Waals surface area (Å²) in [5.41, 5.74) is 5.53. The van der Waals surface area contributed by atoms with Crippen molar-refractivity contribution < 1.29 is 9.59 Å². The molecule has 2 N–H and O–H groups in total. The number of benzene rings is 2. The second kappa shape index (κ2) is 7.64. The van der Waals surface area contributed by atoms with Crippen LogP contribution in [-0.4, -0.2) is 23.2 Å². The van der Waals surface area contributed by atoms with Crippen LogP contribution in [0.25, 0.3) is 0 Å². The summed E-state index contributed by atoms with van der Waals surface area (Å²) < 4.78 is 0. The molecule has 1 aliphatic heterocycles. The molecule has 5 nitrogen and oxygen atoms in total. The largest absolute Gasteiger partial charge is 0.384 e. The Balaban J connectivity index is 1.51. The monoisotopic (exact) mass is 371 g/mol. The second-order valence-electron chi connectivity index (χ2n) is 6.95. The molecule has 0 unspecified atom stereocenters. The van der Waals surface area contributed by atoms with Gasteiger partial charge in [0, 0.05) is 29.6 Å². The third kappa shape index (κ3) is 3.78. The molecule has 1 aliphatic rings. The molecule has 0 radical (unpaired) electrons. The smallest absolute Gasteiger partial charge is 0.257 e. The number of anilines is 2. The van der Waals surface area contributed by atoms with Crippen molar-refractivity contribution in [3.05, 3.63) is 88.6 Å². The van der Waals surface area contributed by atoms with Crippen molar-refractivity contribution in [2.75, 3.05) is 17.2 Å². The molecule has 4 rings (SSSR count). The Hall–Kier alpha value is -3.47. The molecule has 0 spiro atoms. The van der Waals surface area contributed by atoms with Gasteiger partial charge in [-0.05, 0) is 66.8 Å². The van der Waals surface area contributed by atoms with Crippen LogP contribution >= 0.6 is 0 Å². The van der Waals surface area contributed by atoms with Gasteiger partial charge in [-0.25, -0.2) is 4.98 Å². The number of amides is 1. The molecule has 28 heavy (non-hydrogen) atoms. The van der Waals surface area contributed by atoms with Crippen LogP contribution in [0.1, 0.15) is 44.3 Å². The van der Waals surface area contributed by atoms with Gasteiger partial charge in [0.1, 0.15) is 5.82 Å². The maximum Gasteiger partial charge on any atom is 0.257 e. The topological polar surface area (TPSA) is 71.1 Å². The van der Waals surface area contributed by atoms with Crippen LogP contribution in [0.5, 0.6) is 0 Å². The van der Waals surface area contributed by atoms with Gasteiger partial charge in [-0.1, -0.05) is 24.3 Å². The number of fused-ring (bicyclic) bond motifs is 1. The summed E-state index contributed by atoms with van der Waals surface area (Å²) in [4.78, 5) is 28.6. The fourth-order valence-corrected chi connectivity index (χ4v) is 3.53. The Bertz CT molecular complexity index is 1060. The van der Waals surface area contributed by atoms with E-state index in [0.717, 1.165) is 35.3 Å². The molecule has 1 amide bonds. The Morgan fingerprint density at radius 3 is 2.75 bits per heavy atom. The van der Waals surface area contributed by atoms with E-state index in [4.69, 9.17) is 0 Å². The molecule has 0 fully saturated rings. The number of Topliss-reactive ketones (excluding diaryl/α,β-unsaturated/α-hetero) is 1. The highest BCUT2D eigenvalue weighted by molar-refractivity contribution is 6.06. The lowest BCUT2D eigenvalue weighted by Crippen LogP contribution is -2.15. The first-order valence-corrected chi connectivity index (χ1v) is 9.32. The van der Waals surface area contributed by atoms with Crippen LogP contribution in [0.2, 0.25) is 0 Å². The van der Waals surface area contributed by atoms with Crippen molar-refractivity contribution >= 4 is 23.2 Å². The minimum Gasteiger partial charge on any atom is -0.384 e. The molecule has 0 atom stereocenters. The van der Waals surface area contributed by atoms with Gasteiger partial charge >= 0.3 is 0 Å². The zero-order valence-corrected chi connectivity index (χ0v) is 15.7. The highest BCUT2D eigenvalue weighted by atomic mass is 16.1. The molecule has 0 aliphatic carbocycles. The van der Waals surface area contributed by atoms with Crippen molar-refractivity contribution in [1.82, 2.24) is 4.98 Å². The Kier molecular flexibility index (Phi) is 4.89. The van der Waals surface area contributed by atoms with E-state index in [2.05, 4.69) is 15.6 Å². The van der Waals surface area contributed by atoms with E-state index in [1.54, 1.807) is 13.1 Å². The Morgan fingerprint density at radius 1 is 1.07 bits per heavy atom. The van der Waals surface area contributed by atoms with Crippen LogP contribution in [0.4, 0.5) is 11.5 Å². The van der Waals surface area contributed by atoms with Gasteiger partial charge in [-0.2, -0.15) is 0 Å². The van der Waals surface area contributed by atoms with Gasteiger partial charge in [0.15, 0.2) is 5.78 Å². The minimum absolute atomic E-state index is 0.0504. The van der Waals surface area contributed by atoms with E-state index in [9.17, 15) is 9.59 Å². The third-order valence-electron chi connectivity index (χ3n) is 4.92. The standard InChI is InChI=1S/C23H21N3O2/c1-15(27)18-5-2-4-16(13-18)12-17-8-10-25-22(14-17)26-23(28)20-6-3-7-21-19(20)9-11-24-21/h2-8,10,13-14,24H,9,11-12H2,1H3,(H,25,26,28). The van der Waals surface area contributed by atoms with Gasteiger partial charge < -0.3 is 10.6 Å². The van der Waals surface area contributed by atoms with Crippen molar-refractivity contribution in [3.63, 3.8) is 0 Å². The lowest BCUT2D eigenvalue weighted by molar-refractivity contribution is 0.101. The van der Waals surface area contributed by atoms with Crippen LogP contribution in [0.3, 0.4) is 0 Å². The maximum atomic E-state index is 12.7. The van der Waals surface area contributed by atoms with Crippen molar-refractivity contribution in [1.29, 1.82) is 0 Å². The number of carbonyl (C=O) groups excluding carboxylic acids is 2. The molecular formula is C23H21N3O2. The van der Waals surface area contributed by atoms with E-state index in [1.807, 2.05) is 54.6 Å². The van der Waals surface area contributed by atoms with Gasteiger partial charge in [0.05, 0.1) is 0 Å². The summed E-state index contributed by atoms with van der Waals surface area (Å²) >= 11 is 0. The first kappa shape index (κ1) is 17.9. The molecule has 0 saturated carbocycles. The highest BCUT2D eigenvalue weighted by Crippen LogP contribution is 2.26. The van der Waals surface area contributed by atoms with Crippen LogP contribution in [0.15, 0.2) is 60.8 Å². The molecule has 0 saturated heterocycles. The lowest BCUT2D eigenvalue weighted by Gasteiger charge is -2.10. The van der Waals surface area contributed by atoms with E-state index >= 15 is 0 Å². The Morgan fingerprint density at radius 2 is 1.89 bits per heavy atom. The van der Waals surface area contributed by atoms with Crippen molar-refractivity contribution in [2.45, 2.75) is 19.8 Å². The van der Waals surface area contributed by atoms with Crippen LogP contribution < -0.4 is 10.6 Å². The summed E-state index contributed by atoms with van der Waals surface area (Å²) in [5.74, 6) is 0.423. The number of hydrogen-bond donors (Lipinski definition) is 2. The van der Waals surface area contributed by atoms with E-state index in [1.165, 1.54) is 0 Å². The molecule has 2 heterocycles. The summed E-state index contributed by atoms with van der Waals surface area (Å²) in [6, 6.07) is 17.1. The van der Waals surface area contributed by atoms with Gasteiger partial charge in [0.25, 0.3) is 5.91 Å². The third-order valence-corrected chi connectivity index (χ3v) is 4.92. The number of ketones is 1. The summed E-state index contributed by atoms with van der Waals surface area (Å²) in [5, 5.41) is 6.20. The predicted octanol–water partition coefficient (Wildman–Crippen LogP) is 4.10. The molecule has 140 valence electrons. The van der Waals surface area contributed by atoms with E-state index in [0.29, 0.717) is 23.4 Å². The summed E-state index contributed by atoms with van der Waals surface area (Å²) in [6.07, 6.45) is 3.20. The molecule has 2 aromatic carbocycles. The van der Waals surface area contributed by atoms with Gasteiger partial charge in [-0.15, -0.1) is 0 Å². The van der Waals surface area contributed by atoms with Crippen LogP contribution in [0, 0.1) is 0 Å². The lowest BCUT2D eigenvalue weighted by atomic mass is 10.0. The SMILES string of the molecule is CC(=O)c1cccc(Cc2ccnc(NC(=O)c3cccc4c3CCN4)c2)c1. The quantitative estimate of drug-likeness (QED) is 0.663. The first-order chi connectivity index (χ1) is 13.6. The fourth-order valence-electron chi connectivity index (χ4n) is 3.53. The zero-order chi connectivity index (χ0) is 19.5. The number of rotatable bonds is 5. The zero-order valence-electron chi connectivity index (χ0n) is 15.7. The number of nitrogens with zero attached hydrogens (tertiary/aromatic N) is 1. The maximum absolute atomic E-state index is 12.7. The van der Waals surface area contributed by atoms with Crippen molar-refractivity contribution in [3.8, 4) is 0 Å². The number of pyridine rings is 1. The molecule has 5 heteroatoms. The highest BCUT2D eigenvalue weighted by Gasteiger charge is 2.18. The van der Waals surface area contributed by atoms with E-state index < -0.39 is 0 Å². The molecule has 1 aromatic heterocycles. The molecule has 0 bridgehead atoms. The number of hydrogen-bond acceptors (Lipinski definition) is 4. The molecular weight excluding hydrogens is 350 g/mol. The van der Waals surface area contributed by atoms with Gasteiger partial charge in [0.2, 0.25) is 0 Å². The number of aromatic nitrogens is 1. The Labute approximate surface area is 163 Å². The van der Waals surface area contributed by atoms with Gasteiger partial charge in [-0.3, -0.25) is 9.59 Å². The average Bonchev–Trinajstić information content (AvgIpc) is 3.17. The second-order valence-corrected chi connectivity index (χ2v) is 6.95. The number of nitrogens with one attached hydrogen (secondary N) is 2. The number of carbonyl (C=O) groups is 2. The predicted molar refractivity (Wildman–Crippen MR) is 110 cm³/mol. The van der Waals surface area contributed by atoms with Crippen molar-refractivity contribution in [2.24, 2.45) is 0 Å².